The number of guanidine groups is 1. The van der Waals surface area contributed by atoms with Gasteiger partial charge in [0.2, 0.25) is 0 Å². The highest BCUT2D eigenvalue weighted by molar-refractivity contribution is 14.0. The molecule has 31 heavy (non-hydrogen) atoms. The van der Waals surface area contributed by atoms with Crippen molar-refractivity contribution < 1.29 is 4.74 Å². The van der Waals surface area contributed by atoms with Crippen LogP contribution in [0.25, 0.3) is 0 Å². The lowest BCUT2D eigenvalue weighted by Gasteiger charge is -2.32. The predicted octanol–water partition coefficient (Wildman–Crippen LogP) is 2.86. The van der Waals surface area contributed by atoms with E-state index in [0.29, 0.717) is 19.1 Å². The first-order chi connectivity index (χ1) is 14.6. The van der Waals surface area contributed by atoms with E-state index in [1.54, 1.807) is 7.11 Å². The smallest absolute Gasteiger partial charge is 0.192 e. The van der Waals surface area contributed by atoms with Crippen LogP contribution in [0.4, 0.5) is 0 Å². The quantitative estimate of drug-likeness (QED) is 0.304. The SMILES string of the molecule is CCCN1CCC(NC(=NCc2ccc(OC)cc2)NCc2nnc(C)n2C)CC1.I. The number of benzene rings is 1. The zero-order valence-corrected chi connectivity index (χ0v) is 21.4. The maximum absolute atomic E-state index is 5.24. The fraction of sp³-hybridized carbons (Fsp3) is 0.591. The number of hydrogen-bond donors (Lipinski definition) is 2. The normalized spacial score (nSPS) is 15.4. The summed E-state index contributed by atoms with van der Waals surface area (Å²) in [5.41, 5.74) is 1.14. The lowest BCUT2D eigenvalue weighted by atomic mass is 10.1. The zero-order chi connectivity index (χ0) is 21.3. The molecule has 1 aromatic heterocycles. The Bertz CT molecular complexity index is 814. The lowest BCUT2D eigenvalue weighted by molar-refractivity contribution is 0.206. The fourth-order valence-electron chi connectivity index (χ4n) is 3.63. The number of methoxy groups -OCH3 is 1. The number of aromatic nitrogens is 3. The molecule has 1 aromatic carbocycles. The second-order valence-corrected chi connectivity index (χ2v) is 7.85. The molecule has 0 radical (unpaired) electrons. The van der Waals surface area contributed by atoms with Crippen LogP contribution in [0.5, 0.6) is 5.75 Å². The molecule has 172 valence electrons. The largest absolute Gasteiger partial charge is 0.497 e. The summed E-state index contributed by atoms with van der Waals surface area (Å²) in [6.07, 6.45) is 3.48. The summed E-state index contributed by atoms with van der Waals surface area (Å²) in [5, 5.41) is 15.5. The molecule has 0 unspecified atom stereocenters. The summed E-state index contributed by atoms with van der Waals surface area (Å²) in [6, 6.07) is 8.47. The molecule has 0 aliphatic carbocycles. The van der Waals surface area contributed by atoms with E-state index in [4.69, 9.17) is 9.73 Å². The van der Waals surface area contributed by atoms with Gasteiger partial charge in [-0.15, -0.1) is 34.2 Å². The van der Waals surface area contributed by atoms with Crippen molar-refractivity contribution in [1.29, 1.82) is 0 Å². The lowest BCUT2D eigenvalue weighted by Crippen LogP contribution is -2.48. The Labute approximate surface area is 202 Å². The number of hydrogen-bond acceptors (Lipinski definition) is 5. The van der Waals surface area contributed by atoms with E-state index in [-0.39, 0.29) is 24.0 Å². The number of aliphatic imine (C=N–C) groups is 1. The summed E-state index contributed by atoms with van der Waals surface area (Å²) < 4.78 is 7.24. The van der Waals surface area contributed by atoms with Crippen molar-refractivity contribution in [3.8, 4) is 5.75 Å². The van der Waals surface area contributed by atoms with Gasteiger partial charge < -0.3 is 24.8 Å². The first kappa shape index (κ1) is 25.4. The molecule has 0 amide bonds. The minimum atomic E-state index is 0. The summed E-state index contributed by atoms with van der Waals surface area (Å²) in [5.74, 6) is 3.47. The summed E-state index contributed by atoms with van der Waals surface area (Å²) in [7, 11) is 3.66. The van der Waals surface area contributed by atoms with E-state index in [2.05, 4.69) is 44.8 Å². The minimum Gasteiger partial charge on any atom is -0.497 e. The van der Waals surface area contributed by atoms with Gasteiger partial charge in [0, 0.05) is 26.2 Å². The molecule has 1 aliphatic heterocycles. The standard InChI is InChI=1S/C22H35N7O.HI/c1-5-12-29-13-10-19(11-14-29)25-22(24-16-21-27-26-17(2)28(21)3)23-15-18-6-8-20(30-4)9-7-18;/h6-9,19H,5,10-16H2,1-4H3,(H2,23,24,25);1H. The Hall–Kier alpha value is -1.88. The predicted molar refractivity (Wildman–Crippen MR) is 135 cm³/mol. The van der Waals surface area contributed by atoms with Crippen LogP contribution in [0.15, 0.2) is 29.3 Å². The van der Waals surface area contributed by atoms with Gasteiger partial charge in [0.1, 0.15) is 11.6 Å². The summed E-state index contributed by atoms with van der Waals surface area (Å²) in [6.45, 7) is 8.85. The van der Waals surface area contributed by atoms with Crippen molar-refractivity contribution in [3.05, 3.63) is 41.5 Å². The molecule has 1 fully saturated rings. The number of nitrogens with one attached hydrogen (secondary N) is 2. The third-order valence-electron chi connectivity index (χ3n) is 5.64. The van der Waals surface area contributed by atoms with Gasteiger partial charge in [-0.25, -0.2) is 4.99 Å². The van der Waals surface area contributed by atoms with Crippen LogP contribution in [0, 0.1) is 6.92 Å². The molecular formula is C22H36IN7O. The Morgan fingerprint density at radius 3 is 2.48 bits per heavy atom. The van der Waals surface area contributed by atoms with Crippen LogP contribution in [-0.4, -0.2) is 58.4 Å². The van der Waals surface area contributed by atoms with Crippen molar-refractivity contribution >= 4 is 29.9 Å². The Kier molecular flexibility index (Phi) is 10.5. The fourth-order valence-corrected chi connectivity index (χ4v) is 3.63. The molecule has 2 heterocycles. The number of ether oxygens (including phenoxy) is 1. The average molecular weight is 541 g/mol. The van der Waals surface area contributed by atoms with Gasteiger partial charge in [-0.3, -0.25) is 0 Å². The van der Waals surface area contributed by atoms with Crippen LogP contribution >= 0.6 is 24.0 Å². The first-order valence-electron chi connectivity index (χ1n) is 10.8. The highest BCUT2D eigenvalue weighted by atomic mass is 127. The van der Waals surface area contributed by atoms with Crippen LogP contribution in [0.1, 0.15) is 43.4 Å². The molecule has 8 nitrogen and oxygen atoms in total. The molecule has 1 saturated heterocycles. The molecule has 9 heteroatoms. The van der Waals surface area contributed by atoms with Crippen molar-refractivity contribution in [2.24, 2.45) is 12.0 Å². The Morgan fingerprint density at radius 2 is 1.90 bits per heavy atom. The summed E-state index contributed by atoms with van der Waals surface area (Å²) >= 11 is 0. The minimum absolute atomic E-state index is 0. The second-order valence-electron chi connectivity index (χ2n) is 7.85. The number of likely N-dealkylation sites (tertiary alicyclic amines) is 1. The Morgan fingerprint density at radius 1 is 1.19 bits per heavy atom. The van der Waals surface area contributed by atoms with Gasteiger partial charge in [0.05, 0.1) is 20.2 Å². The third kappa shape index (κ3) is 7.64. The van der Waals surface area contributed by atoms with Gasteiger partial charge in [-0.2, -0.15) is 0 Å². The molecular weight excluding hydrogens is 505 g/mol. The zero-order valence-electron chi connectivity index (χ0n) is 19.1. The Balaban J connectivity index is 0.00000341. The number of aryl methyl sites for hydroxylation is 1. The second kappa shape index (κ2) is 12.8. The van der Waals surface area contributed by atoms with E-state index in [1.807, 2.05) is 30.7 Å². The van der Waals surface area contributed by atoms with Crippen molar-refractivity contribution in [2.75, 3.05) is 26.7 Å². The van der Waals surface area contributed by atoms with Gasteiger partial charge >= 0.3 is 0 Å². The average Bonchev–Trinajstić information content (AvgIpc) is 3.09. The first-order valence-corrected chi connectivity index (χ1v) is 10.8. The number of rotatable bonds is 8. The number of nitrogens with zero attached hydrogens (tertiary/aromatic N) is 5. The maximum Gasteiger partial charge on any atom is 0.192 e. The van der Waals surface area contributed by atoms with Crippen LogP contribution in [0.3, 0.4) is 0 Å². The molecule has 0 saturated carbocycles. The third-order valence-corrected chi connectivity index (χ3v) is 5.64. The topological polar surface area (TPSA) is 79.6 Å². The molecule has 2 N–H and O–H groups in total. The highest BCUT2D eigenvalue weighted by Crippen LogP contribution is 2.13. The molecule has 2 aromatic rings. The van der Waals surface area contributed by atoms with Crippen molar-refractivity contribution in [3.63, 3.8) is 0 Å². The molecule has 0 atom stereocenters. The van der Waals surface area contributed by atoms with Crippen LogP contribution in [-0.2, 0) is 20.1 Å². The highest BCUT2D eigenvalue weighted by Gasteiger charge is 2.19. The van der Waals surface area contributed by atoms with Crippen molar-refractivity contribution in [2.45, 2.75) is 52.2 Å². The molecule has 3 rings (SSSR count). The monoisotopic (exact) mass is 541 g/mol. The number of halogens is 1. The van der Waals surface area contributed by atoms with Gasteiger partial charge in [-0.1, -0.05) is 19.1 Å². The van der Waals surface area contributed by atoms with E-state index in [0.717, 1.165) is 54.9 Å². The summed E-state index contributed by atoms with van der Waals surface area (Å²) in [4.78, 5) is 7.38. The van der Waals surface area contributed by atoms with Gasteiger partial charge in [0.15, 0.2) is 11.8 Å². The van der Waals surface area contributed by atoms with Gasteiger partial charge in [0.25, 0.3) is 0 Å². The van der Waals surface area contributed by atoms with E-state index in [1.165, 1.54) is 13.0 Å². The number of piperidine rings is 1. The van der Waals surface area contributed by atoms with Crippen LogP contribution in [0.2, 0.25) is 0 Å². The van der Waals surface area contributed by atoms with Gasteiger partial charge in [-0.05, 0) is 50.4 Å². The van der Waals surface area contributed by atoms with E-state index < -0.39 is 0 Å². The van der Waals surface area contributed by atoms with Crippen LogP contribution < -0.4 is 15.4 Å². The van der Waals surface area contributed by atoms with Crippen molar-refractivity contribution in [1.82, 2.24) is 30.3 Å². The van der Waals surface area contributed by atoms with E-state index in [9.17, 15) is 0 Å². The maximum atomic E-state index is 5.24. The molecule has 1 aliphatic rings. The molecule has 0 bridgehead atoms. The molecule has 0 spiro atoms. The van der Waals surface area contributed by atoms with E-state index >= 15 is 0 Å².